The van der Waals surface area contributed by atoms with Crippen LogP contribution in [0.2, 0.25) is 0 Å². The summed E-state index contributed by atoms with van der Waals surface area (Å²) in [5.41, 5.74) is 5.20. The third-order valence-corrected chi connectivity index (χ3v) is 2.23. The molecule has 0 spiro atoms. The highest BCUT2D eigenvalue weighted by Crippen LogP contribution is 2.33. The van der Waals surface area contributed by atoms with Crippen molar-refractivity contribution in [2.45, 2.75) is 19.8 Å². The van der Waals surface area contributed by atoms with E-state index in [1.54, 1.807) is 0 Å². The van der Waals surface area contributed by atoms with Crippen molar-refractivity contribution in [1.29, 1.82) is 0 Å². The molecule has 0 aliphatic heterocycles. The van der Waals surface area contributed by atoms with E-state index in [9.17, 15) is 4.79 Å². The van der Waals surface area contributed by atoms with E-state index in [-0.39, 0.29) is 24.7 Å². The van der Waals surface area contributed by atoms with Crippen LogP contribution in [0.5, 0.6) is 0 Å². The molecule has 0 aromatic heterocycles. The highest BCUT2D eigenvalue weighted by molar-refractivity contribution is 5.85. The molecule has 1 rings (SSSR count). The first-order valence-corrected chi connectivity index (χ1v) is 3.48. The predicted molar refractivity (Wildman–Crippen MR) is 43.2 cm³/mol. The van der Waals surface area contributed by atoms with Crippen LogP contribution >= 0.6 is 12.4 Å². The molecule has 0 bridgehead atoms. The molecule has 0 aromatic rings. The van der Waals surface area contributed by atoms with Gasteiger partial charge in [0.25, 0.3) is 0 Å². The van der Waals surface area contributed by atoms with Crippen LogP contribution in [0.25, 0.3) is 0 Å². The summed E-state index contributed by atoms with van der Waals surface area (Å²) >= 11 is 0. The van der Waals surface area contributed by atoms with Gasteiger partial charge in [-0.05, 0) is 18.8 Å². The molecule has 2 atom stereocenters. The van der Waals surface area contributed by atoms with Crippen molar-refractivity contribution in [2.75, 3.05) is 6.54 Å². The minimum absolute atomic E-state index is 0. The van der Waals surface area contributed by atoms with Gasteiger partial charge in [0.1, 0.15) is 5.78 Å². The minimum atomic E-state index is 0. The molecule has 0 heterocycles. The Morgan fingerprint density at radius 2 is 2.20 bits per heavy atom. The number of rotatable bonds is 2. The Bertz CT molecular complexity index is 127. The van der Waals surface area contributed by atoms with Crippen LogP contribution in [-0.4, -0.2) is 12.3 Å². The van der Waals surface area contributed by atoms with Crippen LogP contribution in [-0.2, 0) is 4.79 Å². The first-order valence-electron chi connectivity index (χ1n) is 3.48. The van der Waals surface area contributed by atoms with Crippen LogP contribution in [0.15, 0.2) is 0 Å². The maximum atomic E-state index is 10.9. The molecule has 0 amide bonds. The molecule has 60 valence electrons. The fourth-order valence-electron chi connectivity index (χ4n) is 1.30. The summed E-state index contributed by atoms with van der Waals surface area (Å²) in [6.45, 7) is 2.34. The van der Waals surface area contributed by atoms with Crippen molar-refractivity contribution >= 4 is 18.2 Å². The fraction of sp³-hybridized carbons (Fsp3) is 0.857. The largest absolute Gasteiger partial charge is 0.324 e. The first kappa shape index (κ1) is 9.92. The van der Waals surface area contributed by atoms with Crippen molar-refractivity contribution in [3.63, 3.8) is 0 Å². The molecule has 2 unspecified atom stereocenters. The zero-order valence-electron chi connectivity index (χ0n) is 6.17. The minimum Gasteiger partial charge on any atom is -0.324 e. The molecular formula is C7H14ClNO. The number of nitrogens with two attached hydrogens (primary N) is 1. The molecular weight excluding hydrogens is 150 g/mol. The number of ketones is 1. The average Bonchev–Trinajstić information content (AvgIpc) is 1.84. The molecule has 10 heavy (non-hydrogen) atoms. The third-order valence-electron chi connectivity index (χ3n) is 2.23. The summed E-state index contributed by atoms with van der Waals surface area (Å²) in [6.07, 6.45) is 2.27. The molecule has 0 radical (unpaired) electrons. The predicted octanol–water partition coefficient (Wildman–Crippen LogP) is 0.982. The lowest BCUT2D eigenvalue weighted by atomic mass is 9.72. The first-order chi connectivity index (χ1) is 4.25. The average molecular weight is 164 g/mol. The Morgan fingerprint density at radius 3 is 2.30 bits per heavy atom. The van der Waals surface area contributed by atoms with Crippen molar-refractivity contribution in [2.24, 2.45) is 17.6 Å². The Morgan fingerprint density at radius 1 is 1.60 bits per heavy atom. The number of halogens is 1. The van der Waals surface area contributed by atoms with Crippen molar-refractivity contribution in [1.82, 2.24) is 0 Å². The lowest BCUT2D eigenvalue weighted by Crippen LogP contribution is -2.34. The van der Waals surface area contributed by atoms with Gasteiger partial charge in [0.15, 0.2) is 0 Å². The van der Waals surface area contributed by atoms with Crippen LogP contribution in [0.1, 0.15) is 19.8 Å². The molecule has 1 aliphatic carbocycles. The van der Waals surface area contributed by atoms with Gasteiger partial charge in [0, 0.05) is 5.92 Å². The van der Waals surface area contributed by atoms with Crippen LogP contribution < -0.4 is 5.73 Å². The summed E-state index contributed by atoms with van der Waals surface area (Å²) in [7, 11) is 0. The highest BCUT2D eigenvalue weighted by atomic mass is 35.5. The summed E-state index contributed by atoms with van der Waals surface area (Å²) in [4.78, 5) is 10.9. The normalized spacial score (nSPS) is 30.2. The molecule has 3 heteroatoms. The quantitative estimate of drug-likeness (QED) is 0.660. The lowest BCUT2D eigenvalue weighted by Gasteiger charge is -2.31. The van der Waals surface area contributed by atoms with Gasteiger partial charge in [0.05, 0.1) is 6.54 Å². The van der Waals surface area contributed by atoms with E-state index in [0.717, 1.165) is 6.42 Å². The Kier molecular flexibility index (Phi) is 3.91. The zero-order chi connectivity index (χ0) is 6.85. The second-order valence-electron chi connectivity index (χ2n) is 2.83. The van der Waals surface area contributed by atoms with Crippen molar-refractivity contribution in [3.8, 4) is 0 Å². The highest BCUT2D eigenvalue weighted by Gasteiger charge is 2.31. The van der Waals surface area contributed by atoms with E-state index in [1.807, 2.05) is 0 Å². The van der Waals surface area contributed by atoms with E-state index < -0.39 is 0 Å². The fourth-order valence-corrected chi connectivity index (χ4v) is 1.30. The SMILES string of the molecule is CC1CCC1C(=O)CN.Cl. The van der Waals surface area contributed by atoms with Crippen LogP contribution in [0.4, 0.5) is 0 Å². The summed E-state index contributed by atoms with van der Waals surface area (Å²) < 4.78 is 0. The van der Waals surface area contributed by atoms with Crippen molar-refractivity contribution < 1.29 is 4.79 Å². The van der Waals surface area contributed by atoms with Crippen molar-refractivity contribution in [3.05, 3.63) is 0 Å². The summed E-state index contributed by atoms with van der Waals surface area (Å²) in [5.74, 6) is 1.14. The Hall–Kier alpha value is -0.0800. The maximum Gasteiger partial charge on any atom is 0.149 e. The van der Waals surface area contributed by atoms with Gasteiger partial charge >= 0.3 is 0 Å². The van der Waals surface area contributed by atoms with Gasteiger partial charge in [-0.25, -0.2) is 0 Å². The zero-order valence-corrected chi connectivity index (χ0v) is 6.99. The number of Topliss-reactive ketones (excluding diaryl/α,β-unsaturated/α-hetero) is 1. The Labute approximate surface area is 67.6 Å². The van der Waals surface area contributed by atoms with Gasteiger partial charge in [-0.15, -0.1) is 12.4 Å². The van der Waals surface area contributed by atoms with E-state index in [4.69, 9.17) is 5.73 Å². The number of hydrogen-bond acceptors (Lipinski definition) is 2. The molecule has 2 nitrogen and oxygen atoms in total. The monoisotopic (exact) mass is 163 g/mol. The van der Waals surface area contributed by atoms with Gasteiger partial charge in [-0.2, -0.15) is 0 Å². The topological polar surface area (TPSA) is 43.1 Å². The standard InChI is InChI=1S/C7H13NO.ClH/c1-5-2-3-6(5)7(9)4-8;/h5-6H,2-4,8H2,1H3;1H. The number of carbonyl (C=O) groups excluding carboxylic acids is 1. The van der Waals surface area contributed by atoms with E-state index in [2.05, 4.69) is 6.92 Å². The molecule has 1 aliphatic rings. The van der Waals surface area contributed by atoms with Gasteiger partial charge < -0.3 is 5.73 Å². The van der Waals surface area contributed by atoms with Gasteiger partial charge in [0.2, 0.25) is 0 Å². The summed E-state index contributed by atoms with van der Waals surface area (Å²) in [6, 6.07) is 0. The summed E-state index contributed by atoms with van der Waals surface area (Å²) in [5, 5.41) is 0. The third kappa shape index (κ3) is 1.70. The molecule has 0 saturated heterocycles. The van der Waals surface area contributed by atoms with E-state index in [1.165, 1.54) is 6.42 Å². The van der Waals surface area contributed by atoms with E-state index in [0.29, 0.717) is 11.8 Å². The maximum absolute atomic E-state index is 10.9. The molecule has 2 N–H and O–H groups in total. The van der Waals surface area contributed by atoms with Crippen LogP contribution in [0, 0.1) is 11.8 Å². The van der Waals surface area contributed by atoms with Crippen LogP contribution in [0.3, 0.4) is 0 Å². The molecule has 1 fully saturated rings. The second-order valence-corrected chi connectivity index (χ2v) is 2.83. The van der Waals surface area contributed by atoms with Gasteiger partial charge in [-0.1, -0.05) is 6.92 Å². The lowest BCUT2D eigenvalue weighted by molar-refractivity contribution is -0.126. The van der Waals surface area contributed by atoms with E-state index >= 15 is 0 Å². The smallest absolute Gasteiger partial charge is 0.149 e. The number of hydrogen-bond donors (Lipinski definition) is 1. The molecule has 1 saturated carbocycles. The second kappa shape index (κ2) is 3.94. The number of carbonyl (C=O) groups is 1. The molecule has 0 aromatic carbocycles. The van der Waals surface area contributed by atoms with Gasteiger partial charge in [-0.3, -0.25) is 4.79 Å². The Balaban J connectivity index is 0.000000810.